The van der Waals surface area contributed by atoms with Crippen LogP contribution in [0.15, 0.2) is 35.7 Å². The third-order valence-corrected chi connectivity index (χ3v) is 5.85. The highest BCUT2D eigenvalue weighted by atomic mass is 32.1. The predicted molar refractivity (Wildman–Crippen MR) is 110 cm³/mol. The summed E-state index contributed by atoms with van der Waals surface area (Å²) in [6.07, 6.45) is 2.31. The molecule has 7 heteroatoms. The quantitative estimate of drug-likeness (QED) is 0.746. The molecule has 150 valence electrons. The molecular weight excluding hydrogens is 377 g/mol. The second kappa shape index (κ2) is 9.80. The van der Waals surface area contributed by atoms with Crippen molar-refractivity contribution in [1.29, 1.82) is 0 Å². The Kier molecular flexibility index (Phi) is 7.17. The summed E-state index contributed by atoms with van der Waals surface area (Å²) >= 11 is 1.59. The van der Waals surface area contributed by atoms with Gasteiger partial charge in [0, 0.05) is 11.4 Å². The lowest BCUT2D eigenvalue weighted by atomic mass is 9.96. The van der Waals surface area contributed by atoms with E-state index in [1.807, 2.05) is 24.4 Å². The number of amides is 2. The number of hydrogen-bond donors (Lipinski definition) is 2. The van der Waals surface area contributed by atoms with Crippen molar-refractivity contribution >= 4 is 28.8 Å². The monoisotopic (exact) mass is 403 g/mol. The topological polar surface area (TPSA) is 61.4 Å². The van der Waals surface area contributed by atoms with E-state index in [0.717, 1.165) is 36.4 Å². The maximum absolute atomic E-state index is 13.8. The van der Waals surface area contributed by atoms with Gasteiger partial charge in [0.05, 0.1) is 18.7 Å². The molecule has 28 heavy (non-hydrogen) atoms. The molecule has 0 saturated carbocycles. The van der Waals surface area contributed by atoms with Crippen LogP contribution >= 0.6 is 11.3 Å². The molecule has 1 aromatic heterocycles. The number of carbonyl (C=O) groups excluding carboxylic acids is 2. The van der Waals surface area contributed by atoms with Crippen molar-refractivity contribution in [2.24, 2.45) is 5.92 Å². The number of likely N-dealkylation sites (tertiary alicyclic amines) is 1. The van der Waals surface area contributed by atoms with E-state index in [9.17, 15) is 14.0 Å². The molecule has 2 amide bonds. The molecule has 1 fully saturated rings. The molecule has 0 aliphatic carbocycles. The van der Waals surface area contributed by atoms with Crippen LogP contribution in [0, 0.1) is 18.7 Å². The number of thiophene rings is 1. The summed E-state index contributed by atoms with van der Waals surface area (Å²) in [6, 6.07) is 8.60. The number of anilines is 1. The molecule has 0 bridgehead atoms. The number of halogens is 1. The van der Waals surface area contributed by atoms with Gasteiger partial charge in [-0.1, -0.05) is 12.1 Å². The van der Waals surface area contributed by atoms with E-state index in [0.29, 0.717) is 18.9 Å². The fraction of sp³-hybridized carbons (Fsp3) is 0.429. The first-order valence-corrected chi connectivity index (χ1v) is 10.4. The average Bonchev–Trinajstić information content (AvgIpc) is 3.17. The second-order valence-electron chi connectivity index (χ2n) is 7.31. The number of carbonyl (C=O) groups is 2. The van der Waals surface area contributed by atoms with E-state index < -0.39 is 5.82 Å². The molecule has 1 aliphatic heterocycles. The smallest absolute Gasteiger partial charge is 0.238 e. The zero-order valence-corrected chi connectivity index (χ0v) is 16.9. The van der Waals surface area contributed by atoms with Crippen molar-refractivity contribution in [3.63, 3.8) is 0 Å². The Bertz CT molecular complexity index is 802. The van der Waals surface area contributed by atoms with Gasteiger partial charge >= 0.3 is 0 Å². The molecule has 1 aliphatic rings. The van der Waals surface area contributed by atoms with Crippen molar-refractivity contribution in [2.45, 2.75) is 26.2 Å². The van der Waals surface area contributed by atoms with Gasteiger partial charge in [-0.05, 0) is 67.9 Å². The lowest BCUT2D eigenvalue weighted by Crippen LogP contribution is -2.42. The van der Waals surface area contributed by atoms with Gasteiger partial charge in [-0.15, -0.1) is 11.3 Å². The van der Waals surface area contributed by atoms with Crippen LogP contribution in [0.2, 0.25) is 0 Å². The first-order chi connectivity index (χ1) is 13.5. The lowest BCUT2D eigenvalue weighted by Gasteiger charge is -2.31. The van der Waals surface area contributed by atoms with Crippen LogP contribution in [0.25, 0.3) is 0 Å². The number of nitrogens with zero attached hydrogens (tertiary/aromatic N) is 1. The first kappa shape index (κ1) is 20.5. The summed E-state index contributed by atoms with van der Waals surface area (Å²) in [4.78, 5) is 27.4. The van der Waals surface area contributed by atoms with Crippen LogP contribution in [-0.4, -0.2) is 42.9 Å². The maximum Gasteiger partial charge on any atom is 0.238 e. The molecule has 5 nitrogen and oxygen atoms in total. The van der Waals surface area contributed by atoms with Crippen LogP contribution in [0.5, 0.6) is 0 Å². The van der Waals surface area contributed by atoms with E-state index in [1.165, 1.54) is 6.07 Å². The first-order valence-electron chi connectivity index (χ1n) is 9.57. The summed E-state index contributed by atoms with van der Waals surface area (Å²) < 4.78 is 13.8. The Morgan fingerprint density at radius 1 is 1.21 bits per heavy atom. The van der Waals surface area contributed by atoms with Gasteiger partial charge in [0.2, 0.25) is 11.8 Å². The number of aryl methyl sites for hydroxylation is 1. The minimum Gasteiger partial charge on any atom is -0.356 e. The number of rotatable bonds is 7. The van der Waals surface area contributed by atoms with Crippen molar-refractivity contribution in [1.82, 2.24) is 10.2 Å². The minimum atomic E-state index is -0.420. The second-order valence-corrected chi connectivity index (χ2v) is 8.34. The van der Waals surface area contributed by atoms with Gasteiger partial charge in [0.1, 0.15) is 5.82 Å². The van der Waals surface area contributed by atoms with Crippen molar-refractivity contribution in [2.75, 3.05) is 31.5 Å². The van der Waals surface area contributed by atoms with Crippen LogP contribution < -0.4 is 10.6 Å². The highest BCUT2D eigenvalue weighted by molar-refractivity contribution is 7.10. The summed E-state index contributed by atoms with van der Waals surface area (Å²) in [5, 5.41) is 7.65. The zero-order chi connectivity index (χ0) is 19.9. The molecule has 0 radical (unpaired) electrons. The molecule has 0 atom stereocenters. The Morgan fingerprint density at radius 2 is 2.00 bits per heavy atom. The maximum atomic E-state index is 13.8. The molecule has 1 aromatic carbocycles. The Morgan fingerprint density at radius 3 is 2.71 bits per heavy atom. The molecule has 2 heterocycles. The summed E-state index contributed by atoms with van der Waals surface area (Å²) in [7, 11) is 0. The number of hydrogen-bond acceptors (Lipinski definition) is 4. The fourth-order valence-corrected chi connectivity index (χ4v) is 4.07. The minimum absolute atomic E-state index is 0.0597. The van der Waals surface area contributed by atoms with E-state index >= 15 is 0 Å². The average molecular weight is 404 g/mol. The SMILES string of the molecule is Cc1ccc(F)c(NC(=O)CN2CCC(CNC(=O)Cc3cccs3)CC2)c1. The largest absolute Gasteiger partial charge is 0.356 e. The number of piperidine rings is 1. The van der Waals surface area contributed by atoms with E-state index in [4.69, 9.17) is 0 Å². The molecule has 3 rings (SSSR count). The van der Waals surface area contributed by atoms with Crippen LogP contribution in [0.4, 0.5) is 10.1 Å². The summed E-state index contributed by atoms with van der Waals surface area (Å²) in [6.45, 7) is 4.40. The molecule has 0 unspecified atom stereocenters. The number of benzene rings is 1. The standard InChI is InChI=1S/C21H26FN3O2S/c1-15-4-5-18(22)19(11-15)24-21(27)14-25-8-6-16(7-9-25)13-23-20(26)12-17-3-2-10-28-17/h2-5,10-11,16H,6-9,12-14H2,1H3,(H,23,26)(H,24,27). The fourth-order valence-electron chi connectivity index (χ4n) is 3.37. The molecular formula is C21H26FN3O2S. The highest BCUT2D eigenvalue weighted by Crippen LogP contribution is 2.18. The third-order valence-electron chi connectivity index (χ3n) is 4.97. The van der Waals surface area contributed by atoms with Crippen LogP contribution in [-0.2, 0) is 16.0 Å². The lowest BCUT2D eigenvalue weighted by molar-refractivity contribution is -0.120. The molecule has 0 spiro atoms. The van der Waals surface area contributed by atoms with Crippen molar-refractivity contribution < 1.29 is 14.0 Å². The van der Waals surface area contributed by atoms with Gasteiger partial charge in [-0.3, -0.25) is 14.5 Å². The third kappa shape index (κ3) is 6.14. The zero-order valence-electron chi connectivity index (χ0n) is 16.0. The Balaban J connectivity index is 1.36. The predicted octanol–water partition coefficient (Wildman–Crippen LogP) is 3.21. The van der Waals surface area contributed by atoms with Gasteiger partial charge in [-0.2, -0.15) is 0 Å². The number of nitrogens with one attached hydrogen (secondary N) is 2. The molecule has 2 aromatic rings. The van der Waals surface area contributed by atoms with E-state index in [-0.39, 0.29) is 24.0 Å². The Labute approximate surface area is 168 Å². The summed E-state index contributed by atoms with van der Waals surface area (Å²) in [5.41, 5.74) is 1.13. The van der Waals surface area contributed by atoms with Gasteiger partial charge in [-0.25, -0.2) is 4.39 Å². The highest BCUT2D eigenvalue weighted by Gasteiger charge is 2.21. The van der Waals surface area contributed by atoms with E-state index in [2.05, 4.69) is 15.5 Å². The van der Waals surface area contributed by atoms with Gasteiger partial charge in [0.25, 0.3) is 0 Å². The van der Waals surface area contributed by atoms with Crippen molar-refractivity contribution in [3.8, 4) is 0 Å². The van der Waals surface area contributed by atoms with Gasteiger partial charge < -0.3 is 10.6 Å². The van der Waals surface area contributed by atoms with Crippen LogP contribution in [0.3, 0.4) is 0 Å². The van der Waals surface area contributed by atoms with E-state index in [1.54, 1.807) is 23.5 Å². The molecule has 2 N–H and O–H groups in total. The Hall–Kier alpha value is -2.25. The van der Waals surface area contributed by atoms with Crippen LogP contribution in [0.1, 0.15) is 23.3 Å². The summed E-state index contributed by atoms with van der Waals surface area (Å²) in [5.74, 6) is -0.131. The normalized spacial score (nSPS) is 15.4. The van der Waals surface area contributed by atoms with Crippen molar-refractivity contribution in [3.05, 3.63) is 52.0 Å². The van der Waals surface area contributed by atoms with Gasteiger partial charge in [0.15, 0.2) is 0 Å². The molecule has 1 saturated heterocycles.